The molecule has 3 rings (SSSR count). The first kappa shape index (κ1) is 15.0. The van der Waals surface area contributed by atoms with Crippen LogP contribution < -0.4 is 0 Å². The second-order valence-corrected chi connectivity index (χ2v) is 5.20. The van der Waals surface area contributed by atoms with Gasteiger partial charge in [0.2, 0.25) is 0 Å². The Labute approximate surface area is 133 Å². The Morgan fingerprint density at radius 1 is 1.39 bits per heavy atom. The molecule has 2 aromatic rings. The summed E-state index contributed by atoms with van der Waals surface area (Å²) in [6.07, 6.45) is 1.69. The van der Waals surface area contributed by atoms with Crippen molar-refractivity contribution in [3.8, 4) is 0 Å². The zero-order valence-electron chi connectivity index (χ0n) is 13.0. The standard InChI is InChI=1S/C17H17N3O3/c1-3-23-16(21)10-20-11(2)18-15(17(20)22)9-13-8-12-6-4-5-7-14(12)19-13/h4-9,19H,3,10H2,1-2H3/b15-9-. The van der Waals surface area contributed by atoms with Crippen LogP contribution in [-0.4, -0.2) is 40.7 Å². The molecule has 2 heterocycles. The number of aliphatic imine (C=N–C) groups is 1. The van der Waals surface area contributed by atoms with E-state index in [1.807, 2.05) is 30.3 Å². The largest absolute Gasteiger partial charge is 0.465 e. The third kappa shape index (κ3) is 3.01. The summed E-state index contributed by atoms with van der Waals surface area (Å²) >= 11 is 0. The molecular formula is C17H17N3O3. The van der Waals surface area contributed by atoms with E-state index in [-0.39, 0.29) is 19.1 Å². The fourth-order valence-corrected chi connectivity index (χ4v) is 2.50. The van der Waals surface area contributed by atoms with Gasteiger partial charge in [0, 0.05) is 11.2 Å². The molecule has 0 unspecified atom stereocenters. The number of aromatic nitrogens is 1. The maximum Gasteiger partial charge on any atom is 0.326 e. The highest BCUT2D eigenvalue weighted by Gasteiger charge is 2.29. The first-order valence-electron chi connectivity index (χ1n) is 7.40. The molecule has 0 atom stereocenters. The quantitative estimate of drug-likeness (QED) is 0.695. The molecule has 0 radical (unpaired) electrons. The van der Waals surface area contributed by atoms with Crippen molar-refractivity contribution in [1.82, 2.24) is 9.88 Å². The maximum absolute atomic E-state index is 12.4. The number of esters is 1. The molecule has 0 aliphatic carbocycles. The number of nitrogens with zero attached hydrogens (tertiary/aromatic N) is 2. The lowest BCUT2D eigenvalue weighted by molar-refractivity contribution is -0.145. The van der Waals surface area contributed by atoms with Gasteiger partial charge < -0.3 is 9.72 Å². The van der Waals surface area contributed by atoms with Gasteiger partial charge in [-0.15, -0.1) is 0 Å². The molecule has 0 saturated heterocycles. The number of amides is 1. The van der Waals surface area contributed by atoms with Gasteiger partial charge in [-0.3, -0.25) is 14.5 Å². The Balaban J connectivity index is 1.83. The van der Waals surface area contributed by atoms with Crippen LogP contribution in [0.4, 0.5) is 0 Å². The molecule has 0 spiro atoms. The van der Waals surface area contributed by atoms with E-state index in [1.54, 1.807) is 19.9 Å². The summed E-state index contributed by atoms with van der Waals surface area (Å²) in [5.74, 6) is -0.248. The van der Waals surface area contributed by atoms with Crippen LogP contribution in [0.3, 0.4) is 0 Å². The Morgan fingerprint density at radius 2 is 2.17 bits per heavy atom. The third-order valence-corrected chi connectivity index (χ3v) is 3.57. The maximum atomic E-state index is 12.4. The molecule has 118 valence electrons. The molecular weight excluding hydrogens is 294 g/mol. The molecule has 6 nitrogen and oxygen atoms in total. The monoisotopic (exact) mass is 311 g/mol. The van der Waals surface area contributed by atoms with Gasteiger partial charge in [0.25, 0.3) is 5.91 Å². The smallest absolute Gasteiger partial charge is 0.326 e. The number of benzene rings is 1. The van der Waals surface area contributed by atoms with Crippen molar-refractivity contribution < 1.29 is 14.3 Å². The molecule has 0 fully saturated rings. The van der Waals surface area contributed by atoms with Crippen LogP contribution in [0.25, 0.3) is 17.0 Å². The highest BCUT2D eigenvalue weighted by atomic mass is 16.5. The van der Waals surface area contributed by atoms with Gasteiger partial charge in [-0.1, -0.05) is 18.2 Å². The number of hydrogen-bond acceptors (Lipinski definition) is 4. The lowest BCUT2D eigenvalue weighted by atomic mass is 10.2. The minimum absolute atomic E-state index is 0.119. The summed E-state index contributed by atoms with van der Waals surface area (Å²) in [6, 6.07) is 9.81. The number of fused-ring (bicyclic) bond motifs is 1. The molecule has 1 aliphatic heterocycles. The minimum atomic E-state index is -0.442. The number of aromatic amines is 1. The van der Waals surface area contributed by atoms with E-state index < -0.39 is 5.97 Å². The number of H-pyrrole nitrogens is 1. The first-order chi connectivity index (χ1) is 11.1. The number of carbonyl (C=O) groups excluding carboxylic acids is 2. The second-order valence-electron chi connectivity index (χ2n) is 5.20. The summed E-state index contributed by atoms with van der Waals surface area (Å²) in [5, 5.41) is 1.06. The molecule has 1 N–H and O–H groups in total. The number of carbonyl (C=O) groups is 2. The van der Waals surface area contributed by atoms with Crippen LogP contribution in [0.15, 0.2) is 41.0 Å². The van der Waals surface area contributed by atoms with E-state index in [2.05, 4.69) is 9.98 Å². The average molecular weight is 311 g/mol. The molecule has 1 aliphatic rings. The molecule has 1 amide bonds. The number of nitrogens with one attached hydrogen (secondary N) is 1. The molecule has 0 bridgehead atoms. The van der Waals surface area contributed by atoms with Crippen molar-refractivity contribution in [2.45, 2.75) is 13.8 Å². The fourth-order valence-electron chi connectivity index (χ4n) is 2.50. The highest BCUT2D eigenvalue weighted by molar-refractivity contribution is 6.14. The van der Waals surface area contributed by atoms with E-state index in [0.717, 1.165) is 16.6 Å². The Hall–Kier alpha value is -2.89. The lowest BCUT2D eigenvalue weighted by Crippen LogP contribution is -2.36. The van der Waals surface area contributed by atoms with Crippen LogP contribution in [0.5, 0.6) is 0 Å². The van der Waals surface area contributed by atoms with Gasteiger partial charge >= 0.3 is 5.97 Å². The number of hydrogen-bond donors (Lipinski definition) is 1. The predicted octanol–water partition coefficient (Wildman–Crippen LogP) is 2.33. The number of ether oxygens (including phenoxy) is 1. The Morgan fingerprint density at radius 3 is 2.91 bits per heavy atom. The third-order valence-electron chi connectivity index (χ3n) is 3.57. The SMILES string of the molecule is CCOC(=O)CN1C(=O)/C(=C/c2cc3ccccc3[nH]2)N=C1C. The van der Waals surface area contributed by atoms with E-state index in [9.17, 15) is 9.59 Å². The van der Waals surface area contributed by atoms with Crippen LogP contribution in [0.2, 0.25) is 0 Å². The van der Waals surface area contributed by atoms with E-state index in [0.29, 0.717) is 11.5 Å². The summed E-state index contributed by atoms with van der Waals surface area (Å²) < 4.78 is 4.88. The summed E-state index contributed by atoms with van der Waals surface area (Å²) in [7, 11) is 0. The predicted molar refractivity (Wildman–Crippen MR) is 87.7 cm³/mol. The van der Waals surface area contributed by atoms with Crippen LogP contribution >= 0.6 is 0 Å². The van der Waals surface area contributed by atoms with Gasteiger partial charge in [0.1, 0.15) is 18.1 Å². The average Bonchev–Trinajstić information content (AvgIpc) is 3.03. The van der Waals surface area contributed by atoms with Gasteiger partial charge in [0.15, 0.2) is 0 Å². The number of rotatable bonds is 4. The Kier molecular flexibility index (Phi) is 3.97. The molecule has 6 heteroatoms. The van der Waals surface area contributed by atoms with Crippen molar-refractivity contribution in [2.24, 2.45) is 4.99 Å². The molecule has 0 saturated carbocycles. The summed E-state index contributed by atoms with van der Waals surface area (Å²) in [4.78, 5) is 32.8. The van der Waals surface area contributed by atoms with Gasteiger partial charge in [0.05, 0.1) is 6.61 Å². The molecule has 23 heavy (non-hydrogen) atoms. The Bertz CT molecular complexity index is 799. The van der Waals surface area contributed by atoms with Crippen molar-refractivity contribution >= 4 is 34.7 Å². The van der Waals surface area contributed by atoms with Crippen LogP contribution in [-0.2, 0) is 14.3 Å². The van der Waals surface area contributed by atoms with Crippen molar-refractivity contribution in [3.05, 3.63) is 41.7 Å². The number of para-hydroxylation sites is 1. The van der Waals surface area contributed by atoms with Gasteiger partial charge in [-0.05, 0) is 37.4 Å². The summed E-state index contributed by atoms with van der Waals surface area (Å²) in [6.45, 7) is 3.59. The van der Waals surface area contributed by atoms with Crippen molar-refractivity contribution in [2.75, 3.05) is 13.2 Å². The van der Waals surface area contributed by atoms with Gasteiger partial charge in [-0.25, -0.2) is 4.99 Å². The van der Waals surface area contributed by atoms with E-state index in [1.165, 1.54) is 4.90 Å². The fraction of sp³-hybridized carbons (Fsp3) is 0.235. The highest BCUT2D eigenvalue weighted by Crippen LogP contribution is 2.21. The van der Waals surface area contributed by atoms with E-state index >= 15 is 0 Å². The zero-order valence-corrected chi connectivity index (χ0v) is 13.0. The summed E-state index contributed by atoms with van der Waals surface area (Å²) in [5.41, 5.74) is 2.09. The van der Waals surface area contributed by atoms with Crippen molar-refractivity contribution in [1.29, 1.82) is 0 Å². The van der Waals surface area contributed by atoms with Crippen LogP contribution in [0, 0.1) is 0 Å². The number of amidine groups is 1. The second kappa shape index (κ2) is 6.08. The zero-order chi connectivity index (χ0) is 16.4. The molecule has 1 aromatic carbocycles. The first-order valence-corrected chi connectivity index (χ1v) is 7.40. The van der Waals surface area contributed by atoms with Gasteiger partial charge in [-0.2, -0.15) is 0 Å². The topological polar surface area (TPSA) is 74.8 Å². The minimum Gasteiger partial charge on any atom is -0.465 e. The normalized spacial score (nSPS) is 16.3. The molecule has 1 aromatic heterocycles. The van der Waals surface area contributed by atoms with Crippen molar-refractivity contribution in [3.63, 3.8) is 0 Å². The van der Waals surface area contributed by atoms with E-state index in [4.69, 9.17) is 4.74 Å². The lowest BCUT2D eigenvalue weighted by Gasteiger charge is -2.14. The van der Waals surface area contributed by atoms with Crippen LogP contribution in [0.1, 0.15) is 19.5 Å².